The molecule has 9 heteroatoms. The van der Waals surface area contributed by atoms with E-state index in [4.69, 9.17) is 4.74 Å². The molecule has 1 aromatic carbocycles. The molecule has 1 amide bonds. The monoisotopic (exact) mass is 485 g/mol. The maximum atomic E-state index is 14.2. The number of benzene rings is 1. The van der Waals surface area contributed by atoms with Gasteiger partial charge in [-0.2, -0.15) is 0 Å². The van der Waals surface area contributed by atoms with Gasteiger partial charge in [-0.3, -0.25) is 4.79 Å². The quantitative estimate of drug-likeness (QED) is 0.545. The van der Waals surface area contributed by atoms with Crippen LogP contribution in [0.4, 0.5) is 4.39 Å². The molecular weight excluding hydrogens is 461 g/mol. The van der Waals surface area contributed by atoms with E-state index in [1.54, 1.807) is 23.5 Å². The van der Waals surface area contributed by atoms with Gasteiger partial charge in [-0.05, 0) is 47.4 Å². The number of hydrogen-bond donors (Lipinski definition) is 1. The highest BCUT2D eigenvalue weighted by Crippen LogP contribution is 2.45. The van der Waals surface area contributed by atoms with Crippen molar-refractivity contribution in [3.8, 4) is 0 Å². The minimum Gasteiger partial charge on any atom is -0.466 e. The lowest BCUT2D eigenvalue weighted by Crippen LogP contribution is -2.38. The topological polar surface area (TPSA) is 71.0 Å². The molecule has 4 rings (SSSR count). The predicted octanol–water partition coefficient (Wildman–Crippen LogP) is 4.77. The van der Waals surface area contributed by atoms with Crippen LogP contribution in [-0.2, 0) is 20.7 Å². The van der Waals surface area contributed by atoms with Gasteiger partial charge >= 0.3 is 5.97 Å². The first-order chi connectivity index (χ1) is 16.0. The third-order valence-electron chi connectivity index (χ3n) is 5.41. The zero-order chi connectivity index (χ0) is 23.4. The minimum atomic E-state index is -0.629. The number of fused-ring (bicyclic) bond motifs is 1. The number of esters is 1. The van der Waals surface area contributed by atoms with E-state index in [9.17, 15) is 14.0 Å². The van der Waals surface area contributed by atoms with E-state index < -0.39 is 17.8 Å². The number of ether oxygens (including phenoxy) is 1. The Morgan fingerprint density at radius 3 is 2.82 bits per heavy atom. The number of halogens is 1. The summed E-state index contributed by atoms with van der Waals surface area (Å²) in [6, 6.07) is 9.55. The fourth-order valence-corrected chi connectivity index (χ4v) is 5.56. The van der Waals surface area contributed by atoms with Gasteiger partial charge in [-0.1, -0.05) is 36.9 Å². The van der Waals surface area contributed by atoms with Gasteiger partial charge in [0, 0.05) is 17.1 Å². The molecule has 1 aromatic heterocycles. The average molecular weight is 486 g/mol. The molecule has 1 atom stereocenters. The molecule has 0 saturated heterocycles. The van der Waals surface area contributed by atoms with Crippen LogP contribution in [0, 0.1) is 5.82 Å². The number of thioether (sulfide) groups is 1. The maximum Gasteiger partial charge on any atom is 0.338 e. The van der Waals surface area contributed by atoms with Crippen molar-refractivity contribution in [2.45, 2.75) is 32.2 Å². The lowest BCUT2D eigenvalue weighted by molar-refractivity contribution is -0.136. The first-order valence-electron chi connectivity index (χ1n) is 10.6. The van der Waals surface area contributed by atoms with Crippen molar-refractivity contribution in [2.24, 2.45) is 4.99 Å². The maximum absolute atomic E-state index is 14.2. The number of allylic oxidation sites excluding steroid dienone is 1. The molecule has 0 bridgehead atoms. The predicted molar refractivity (Wildman–Crippen MR) is 129 cm³/mol. The van der Waals surface area contributed by atoms with Gasteiger partial charge in [0.05, 0.1) is 30.8 Å². The third-order valence-corrected chi connectivity index (χ3v) is 7.23. The SMILES string of the molecule is CCC1=C(C(=O)OC)[C@H](c2cccc(F)c2)N2C(CC(=O)NCCc3cccs3)=CSC2=N1. The second-order valence-corrected chi connectivity index (χ2v) is 9.38. The largest absolute Gasteiger partial charge is 0.466 e. The number of amides is 1. The summed E-state index contributed by atoms with van der Waals surface area (Å²) < 4.78 is 19.2. The van der Waals surface area contributed by atoms with E-state index in [-0.39, 0.29) is 12.3 Å². The van der Waals surface area contributed by atoms with Crippen LogP contribution in [0.5, 0.6) is 0 Å². The van der Waals surface area contributed by atoms with Crippen molar-refractivity contribution in [3.63, 3.8) is 0 Å². The van der Waals surface area contributed by atoms with Crippen LogP contribution in [0.25, 0.3) is 0 Å². The Hall–Kier alpha value is -2.91. The number of thiophene rings is 1. The van der Waals surface area contributed by atoms with E-state index in [1.807, 2.05) is 34.7 Å². The standard InChI is InChI=1S/C24H24FN3O3S2/c1-3-19-21(23(30)31-2)22(15-6-4-7-16(25)12-15)28-17(14-33-24(28)27-19)13-20(29)26-10-9-18-8-5-11-32-18/h4-8,11-12,14,22H,3,9-10,13H2,1-2H3,(H,26,29)/t22-/m0/s1. The van der Waals surface area contributed by atoms with E-state index in [2.05, 4.69) is 10.3 Å². The zero-order valence-electron chi connectivity index (χ0n) is 18.3. The summed E-state index contributed by atoms with van der Waals surface area (Å²) in [5, 5.41) is 7.51. The summed E-state index contributed by atoms with van der Waals surface area (Å²) in [6.07, 6.45) is 1.42. The summed E-state index contributed by atoms with van der Waals surface area (Å²) in [7, 11) is 1.32. The smallest absolute Gasteiger partial charge is 0.338 e. The molecule has 0 radical (unpaired) electrons. The lowest BCUT2D eigenvalue weighted by atomic mass is 9.93. The van der Waals surface area contributed by atoms with Crippen molar-refractivity contribution in [2.75, 3.05) is 13.7 Å². The molecule has 6 nitrogen and oxygen atoms in total. The van der Waals surface area contributed by atoms with Gasteiger partial charge in [0.1, 0.15) is 5.82 Å². The van der Waals surface area contributed by atoms with Crippen LogP contribution in [0.3, 0.4) is 0 Å². The Morgan fingerprint density at radius 2 is 2.12 bits per heavy atom. The van der Waals surface area contributed by atoms with Crippen molar-refractivity contribution >= 4 is 40.1 Å². The van der Waals surface area contributed by atoms with Gasteiger partial charge < -0.3 is 15.0 Å². The number of methoxy groups -OCH3 is 1. The zero-order valence-corrected chi connectivity index (χ0v) is 20.0. The fraction of sp³-hybridized carbons (Fsp3) is 0.292. The van der Waals surface area contributed by atoms with Crippen molar-refractivity contribution in [1.82, 2.24) is 10.2 Å². The molecule has 33 heavy (non-hydrogen) atoms. The Kier molecular flexibility index (Phi) is 7.29. The molecule has 2 aliphatic rings. The van der Waals surface area contributed by atoms with Crippen LogP contribution < -0.4 is 5.32 Å². The molecule has 0 aliphatic carbocycles. The number of aliphatic imine (C=N–C) groups is 1. The summed E-state index contributed by atoms with van der Waals surface area (Å²) in [4.78, 5) is 33.2. The molecular formula is C24H24FN3O3S2. The lowest BCUT2D eigenvalue weighted by Gasteiger charge is -2.36. The number of nitrogens with zero attached hydrogens (tertiary/aromatic N) is 2. The summed E-state index contributed by atoms with van der Waals surface area (Å²) in [6.45, 7) is 2.46. The van der Waals surface area contributed by atoms with Gasteiger partial charge in [-0.25, -0.2) is 14.2 Å². The highest BCUT2D eigenvalue weighted by Gasteiger charge is 2.41. The summed E-state index contributed by atoms with van der Waals surface area (Å²) in [5.74, 6) is -1.04. The van der Waals surface area contributed by atoms with Gasteiger partial charge in [0.15, 0.2) is 5.17 Å². The van der Waals surface area contributed by atoms with Gasteiger partial charge in [0.25, 0.3) is 0 Å². The molecule has 2 aliphatic heterocycles. The Morgan fingerprint density at radius 1 is 1.27 bits per heavy atom. The Balaban J connectivity index is 1.59. The molecule has 0 unspecified atom stereocenters. The Labute approximate surface area is 200 Å². The number of carbonyl (C=O) groups excluding carboxylic acids is 2. The van der Waals surface area contributed by atoms with Gasteiger partial charge in [-0.15, -0.1) is 11.3 Å². The molecule has 1 N–H and O–H groups in total. The molecule has 0 saturated carbocycles. The molecule has 172 valence electrons. The highest BCUT2D eigenvalue weighted by molar-refractivity contribution is 8.16. The molecule has 3 heterocycles. The number of rotatable bonds is 8. The fourth-order valence-electron chi connectivity index (χ4n) is 3.91. The highest BCUT2D eigenvalue weighted by atomic mass is 32.2. The molecule has 0 spiro atoms. The van der Waals surface area contributed by atoms with Crippen molar-refractivity contribution in [1.29, 1.82) is 0 Å². The second kappa shape index (κ2) is 10.4. The van der Waals surface area contributed by atoms with Crippen LogP contribution in [0.15, 0.2) is 69.1 Å². The number of hydrogen-bond acceptors (Lipinski definition) is 7. The van der Waals surface area contributed by atoms with Crippen LogP contribution in [0.2, 0.25) is 0 Å². The first-order valence-corrected chi connectivity index (χ1v) is 12.4. The van der Waals surface area contributed by atoms with Gasteiger partial charge in [0.2, 0.25) is 5.91 Å². The number of carbonyl (C=O) groups is 2. The third kappa shape index (κ3) is 5.04. The Bertz CT molecular complexity index is 1140. The molecule has 0 fully saturated rings. The second-order valence-electron chi connectivity index (χ2n) is 7.51. The van der Waals surface area contributed by atoms with E-state index in [0.29, 0.717) is 40.7 Å². The van der Waals surface area contributed by atoms with Crippen molar-refractivity contribution in [3.05, 3.63) is 80.4 Å². The normalized spacial score (nSPS) is 17.4. The summed E-state index contributed by atoms with van der Waals surface area (Å²) >= 11 is 3.06. The van der Waals surface area contributed by atoms with E-state index in [0.717, 1.165) is 6.42 Å². The number of nitrogens with one attached hydrogen (secondary N) is 1. The van der Waals surface area contributed by atoms with E-state index >= 15 is 0 Å². The van der Waals surface area contributed by atoms with Crippen LogP contribution >= 0.6 is 23.1 Å². The van der Waals surface area contributed by atoms with Crippen LogP contribution in [0.1, 0.15) is 36.2 Å². The van der Waals surface area contributed by atoms with E-state index in [1.165, 1.54) is 35.9 Å². The first kappa shape index (κ1) is 23.3. The summed E-state index contributed by atoms with van der Waals surface area (Å²) in [5.41, 5.74) is 2.27. The van der Waals surface area contributed by atoms with Crippen molar-refractivity contribution < 1.29 is 18.7 Å². The minimum absolute atomic E-state index is 0.123. The number of amidine groups is 1. The van der Waals surface area contributed by atoms with Crippen LogP contribution in [-0.4, -0.2) is 35.6 Å². The molecule has 2 aromatic rings. The average Bonchev–Trinajstić information content (AvgIpc) is 3.47.